The number of fused-ring (bicyclic) bond motifs is 2. The van der Waals surface area contributed by atoms with Gasteiger partial charge in [0.25, 0.3) is 5.91 Å². The summed E-state index contributed by atoms with van der Waals surface area (Å²) >= 11 is 1.45. The zero-order chi connectivity index (χ0) is 20.8. The molecule has 7 nitrogen and oxygen atoms in total. The van der Waals surface area contributed by atoms with Crippen LogP contribution < -0.4 is 15.0 Å². The molecule has 0 saturated carbocycles. The highest BCUT2D eigenvalue weighted by Gasteiger charge is 2.45. The number of amides is 3. The Morgan fingerprint density at radius 2 is 2.00 bits per heavy atom. The molecule has 5 rings (SSSR count). The average molecular weight is 418 g/mol. The van der Waals surface area contributed by atoms with Gasteiger partial charge < -0.3 is 10.1 Å². The second kappa shape index (κ2) is 7.14. The number of anilines is 1. The molecule has 1 aromatic carbocycles. The van der Waals surface area contributed by atoms with Crippen molar-refractivity contribution in [1.29, 1.82) is 0 Å². The van der Waals surface area contributed by atoms with Crippen LogP contribution in [0.1, 0.15) is 11.1 Å². The fourth-order valence-corrected chi connectivity index (χ4v) is 5.14. The Labute approximate surface area is 177 Å². The van der Waals surface area contributed by atoms with E-state index in [0.717, 1.165) is 26.8 Å². The number of aryl methyl sites for hydroxylation is 1. The summed E-state index contributed by atoms with van der Waals surface area (Å²) in [5.41, 5.74) is 2.41. The van der Waals surface area contributed by atoms with Crippen molar-refractivity contribution in [2.75, 3.05) is 12.0 Å². The monoisotopic (exact) mass is 418 g/mol. The molecule has 3 aromatic rings. The molecule has 2 aliphatic rings. The number of pyridine rings is 2. The Morgan fingerprint density at radius 1 is 1.17 bits per heavy atom. The molecule has 0 spiro atoms. The zero-order valence-electron chi connectivity index (χ0n) is 16.3. The van der Waals surface area contributed by atoms with Gasteiger partial charge in [-0.15, -0.1) is 11.8 Å². The minimum Gasteiger partial charge on any atom is -0.481 e. The van der Waals surface area contributed by atoms with Crippen molar-refractivity contribution in [2.24, 2.45) is 0 Å². The first kappa shape index (κ1) is 18.6. The summed E-state index contributed by atoms with van der Waals surface area (Å²) in [5.74, 6) is 0.252. The maximum atomic E-state index is 13.4. The lowest BCUT2D eigenvalue weighted by Crippen LogP contribution is -2.60. The van der Waals surface area contributed by atoms with Crippen LogP contribution in [0.2, 0.25) is 0 Å². The number of nitrogens with one attached hydrogen (secondary N) is 1. The molecule has 0 radical (unpaired) electrons. The van der Waals surface area contributed by atoms with Gasteiger partial charge in [-0.3, -0.25) is 9.78 Å². The Balaban J connectivity index is 1.50. The summed E-state index contributed by atoms with van der Waals surface area (Å²) in [7, 11) is 1.57. The third-order valence-electron chi connectivity index (χ3n) is 5.31. The van der Waals surface area contributed by atoms with E-state index in [0.29, 0.717) is 11.6 Å². The zero-order valence-corrected chi connectivity index (χ0v) is 17.1. The van der Waals surface area contributed by atoms with Crippen LogP contribution in [0.5, 0.6) is 5.88 Å². The molecule has 1 N–H and O–H groups in total. The number of benzene rings is 1. The summed E-state index contributed by atoms with van der Waals surface area (Å²) in [6.45, 7) is 1.96. The summed E-state index contributed by atoms with van der Waals surface area (Å²) in [6, 6.07) is 8.61. The minimum absolute atomic E-state index is 0.253. The van der Waals surface area contributed by atoms with Crippen molar-refractivity contribution in [3.63, 3.8) is 0 Å². The Hall–Kier alpha value is -3.39. The molecule has 3 amide bonds. The predicted octanol–water partition coefficient (Wildman–Crippen LogP) is 3.53. The summed E-state index contributed by atoms with van der Waals surface area (Å²) in [5, 5.41) is 4.19. The number of carbonyl (C=O) groups is 2. The average Bonchev–Trinajstić information content (AvgIpc) is 3.18. The molecular formula is C22H18N4O3S. The highest BCUT2D eigenvalue weighted by Crippen LogP contribution is 2.44. The summed E-state index contributed by atoms with van der Waals surface area (Å²) < 4.78 is 5.24. The van der Waals surface area contributed by atoms with Crippen LogP contribution in [0.15, 0.2) is 55.0 Å². The third-order valence-corrected chi connectivity index (χ3v) is 6.67. The number of urea groups is 1. The van der Waals surface area contributed by atoms with Gasteiger partial charge in [0.1, 0.15) is 5.25 Å². The lowest BCUT2D eigenvalue weighted by Gasteiger charge is -2.33. The molecule has 1 saturated heterocycles. The van der Waals surface area contributed by atoms with Crippen LogP contribution in [0, 0.1) is 6.92 Å². The lowest BCUT2D eigenvalue weighted by molar-refractivity contribution is -0.118. The van der Waals surface area contributed by atoms with Crippen LogP contribution in [-0.2, 0) is 4.79 Å². The van der Waals surface area contributed by atoms with Crippen molar-refractivity contribution in [3.05, 3.63) is 66.1 Å². The Bertz CT molecular complexity index is 1220. The molecule has 4 heterocycles. The van der Waals surface area contributed by atoms with Crippen molar-refractivity contribution >= 4 is 45.1 Å². The molecule has 1 fully saturated rings. The van der Waals surface area contributed by atoms with Gasteiger partial charge in [-0.2, -0.15) is 0 Å². The number of nitrogens with zero attached hydrogens (tertiary/aromatic N) is 3. The van der Waals surface area contributed by atoms with E-state index in [2.05, 4.69) is 15.3 Å². The first-order valence-corrected chi connectivity index (χ1v) is 10.3. The van der Waals surface area contributed by atoms with Crippen molar-refractivity contribution in [2.45, 2.75) is 18.2 Å². The van der Waals surface area contributed by atoms with Gasteiger partial charge in [-0.1, -0.05) is 24.3 Å². The second-order valence-corrected chi connectivity index (χ2v) is 8.32. The van der Waals surface area contributed by atoms with Gasteiger partial charge in [-0.25, -0.2) is 14.7 Å². The molecule has 2 aromatic heterocycles. The van der Waals surface area contributed by atoms with Gasteiger partial charge >= 0.3 is 6.03 Å². The fraction of sp³-hybridized carbons (Fsp3) is 0.182. The summed E-state index contributed by atoms with van der Waals surface area (Å²) in [6.07, 6.45) is 6.96. The van der Waals surface area contributed by atoms with E-state index in [1.807, 2.05) is 43.3 Å². The van der Waals surface area contributed by atoms with E-state index in [9.17, 15) is 9.59 Å². The van der Waals surface area contributed by atoms with E-state index in [1.54, 1.807) is 25.7 Å². The largest absolute Gasteiger partial charge is 0.481 e. The molecule has 2 aliphatic heterocycles. The lowest BCUT2D eigenvalue weighted by atomic mass is 10.1. The highest BCUT2D eigenvalue weighted by atomic mass is 32.2. The smallest absolute Gasteiger partial charge is 0.329 e. The standard InChI is InChI=1S/C22H18N4O3S/c1-12-9-24-19(29-2)7-15(12)18-8-16-20(30-18)21(27)26(22(28)25-16)17-11-23-10-13-5-3-4-6-14(13)17/h3-11,16,20H,1-2H3,(H,25,28). The van der Waals surface area contributed by atoms with Gasteiger partial charge in [0.15, 0.2) is 0 Å². The fourth-order valence-electron chi connectivity index (χ4n) is 3.80. The number of aromatic nitrogens is 2. The molecule has 2 unspecified atom stereocenters. The summed E-state index contributed by atoms with van der Waals surface area (Å²) in [4.78, 5) is 36.9. The Kier molecular flexibility index (Phi) is 4.43. The van der Waals surface area contributed by atoms with E-state index < -0.39 is 11.3 Å². The van der Waals surface area contributed by atoms with E-state index in [1.165, 1.54) is 16.7 Å². The number of thioether (sulfide) groups is 1. The number of imide groups is 1. The second-order valence-electron chi connectivity index (χ2n) is 7.14. The molecule has 0 aliphatic carbocycles. The maximum absolute atomic E-state index is 13.4. The van der Waals surface area contributed by atoms with Gasteiger partial charge in [0.05, 0.1) is 25.0 Å². The quantitative estimate of drug-likeness (QED) is 0.701. The van der Waals surface area contributed by atoms with Crippen LogP contribution >= 0.6 is 11.8 Å². The van der Waals surface area contributed by atoms with Gasteiger partial charge in [0.2, 0.25) is 5.88 Å². The van der Waals surface area contributed by atoms with Crippen LogP contribution in [0.3, 0.4) is 0 Å². The normalized spacial score (nSPS) is 20.7. The van der Waals surface area contributed by atoms with Crippen molar-refractivity contribution in [3.8, 4) is 5.88 Å². The molecule has 2 atom stereocenters. The third kappa shape index (κ3) is 2.91. The number of rotatable bonds is 3. The number of carbonyl (C=O) groups excluding carboxylic acids is 2. The van der Waals surface area contributed by atoms with Gasteiger partial charge in [0, 0.05) is 34.1 Å². The van der Waals surface area contributed by atoms with Crippen LogP contribution in [0.25, 0.3) is 15.7 Å². The molecule has 0 bridgehead atoms. The van der Waals surface area contributed by atoms with Crippen molar-refractivity contribution < 1.29 is 14.3 Å². The predicted molar refractivity (Wildman–Crippen MR) is 116 cm³/mol. The minimum atomic E-state index is -0.449. The van der Waals surface area contributed by atoms with E-state index in [-0.39, 0.29) is 11.9 Å². The molecule has 8 heteroatoms. The number of hydrogen-bond donors (Lipinski definition) is 1. The number of hydrogen-bond acceptors (Lipinski definition) is 6. The van der Waals surface area contributed by atoms with Crippen LogP contribution in [0.4, 0.5) is 10.5 Å². The number of ether oxygens (including phenoxy) is 1. The van der Waals surface area contributed by atoms with Gasteiger partial charge in [-0.05, 0) is 24.1 Å². The van der Waals surface area contributed by atoms with Crippen LogP contribution in [-0.4, -0.2) is 40.3 Å². The maximum Gasteiger partial charge on any atom is 0.329 e. The first-order chi connectivity index (χ1) is 14.6. The molecular weight excluding hydrogens is 400 g/mol. The van der Waals surface area contributed by atoms with E-state index in [4.69, 9.17) is 4.74 Å². The topological polar surface area (TPSA) is 84.4 Å². The Morgan fingerprint density at radius 3 is 2.83 bits per heavy atom. The van der Waals surface area contributed by atoms with E-state index >= 15 is 0 Å². The highest BCUT2D eigenvalue weighted by molar-refractivity contribution is 8.09. The molecule has 30 heavy (non-hydrogen) atoms. The molecule has 150 valence electrons. The van der Waals surface area contributed by atoms with Crippen molar-refractivity contribution in [1.82, 2.24) is 15.3 Å². The SMILES string of the molecule is COc1cc(C2=CC3NC(=O)N(c4cncc5ccccc45)C(=O)C3S2)c(C)cn1. The number of methoxy groups -OCH3 is 1. The first-order valence-electron chi connectivity index (χ1n) is 9.43.